The molecule has 0 aromatic carbocycles. The Morgan fingerprint density at radius 2 is 0.634 bits per heavy atom. The van der Waals surface area contributed by atoms with Gasteiger partial charge in [0.2, 0.25) is 0 Å². The third kappa shape index (κ3) is 12.6. The topological polar surface area (TPSA) is 77.3 Å². The Balaban J connectivity index is 0.000000193. The molecule has 0 bridgehead atoms. The second-order valence-corrected chi connectivity index (χ2v) is 7.83. The maximum Gasteiger partial charge on any atom is 0.0886 e. The summed E-state index contributed by atoms with van der Waals surface area (Å²) in [5, 5.41) is 0. The van der Waals surface area contributed by atoms with Crippen molar-refractivity contribution in [3.8, 4) is 22.8 Å². The molecule has 0 saturated heterocycles. The van der Waals surface area contributed by atoms with Crippen molar-refractivity contribution >= 4 is 12.2 Å². The Bertz CT molecular complexity index is 1290. The second-order valence-electron chi connectivity index (χ2n) is 7.83. The smallest absolute Gasteiger partial charge is 0.0886 e. The van der Waals surface area contributed by atoms with Gasteiger partial charge < -0.3 is 0 Å². The van der Waals surface area contributed by atoms with Crippen molar-refractivity contribution < 1.29 is 19.5 Å². The summed E-state index contributed by atoms with van der Waals surface area (Å²) < 4.78 is 0. The molecule has 6 aromatic rings. The molecule has 7 heteroatoms. The van der Waals surface area contributed by atoms with E-state index in [9.17, 15) is 0 Å². The number of rotatable bonds is 4. The second kappa shape index (κ2) is 20.0. The quantitative estimate of drug-likeness (QED) is 0.187. The number of hydrogen-bond acceptors (Lipinski definition) is 6. The van der Waals surface area contributed by atoms with E-state index in [-0.39, 0.29) is 19.5 Å². The molecule has 0 radical (unpaired) electrons. The van der Waals surface area contributed by atoms with E-state index < -0.39 is 0 Å². The van der Waals surface area contributed by atoms with E-state index in [1.807, 2.05) is 97.1 Å². The first-order valence-electron chi connectivity index (χ1n) is 12.5. The summed E-state index contributed by atoms with van der Waals surface area (Å²) >= 11 is 0. The van der Waals surface area contributed by atoms with Crippen LogP contribution in [0.15, 0.2) is 160 Å². The van der Waals surface area contributed by atoms with Gasteiger partial charge in [-0.1, -0.05) is 49.6 Å². The van der Waals surface area contributed by atoms with E-state index in [1.165, 1.54) is 0 Å². The van der Waals surface area contributed by atoms with Crippen LogP contribution in [0.1, 0.15) is 11.1 Å². The average Bonchev–Trinajstić information content (AvgIpc) is 3.08. The monoisotopic (exact) mass is 624 g/mol. The third-order valence-electron chi connectivity index (χ3n) is 5.07. The van der Waals surface area contributed by atoms with Gasteiger partial charge in [0.25, 0.3) is 0 Å². The molecule has 0 fully saturated rings. The SMILES string of the molecule is C=Cc1ccncc1.C=Cc1ccncc1.[Ru].c1ccc(-c2ccccn2)nc1.c1ccc(-c2ccccn2)nc1. The van der Waals surface area contributed by atoms with Gasteiger partial charge in [-0.3, -0.25) is 29.9 Å². The molecule has 0 atom stereocenters. The number of nitrogens with zero attached hydrogens (tertiary/aromatic N) is 6. The van der Waals surface area contributed by atoms with Crippen LogP contribution in [0.5, 0.6) is 0 Å². The molecule has 41 heavy (non-hydrogen) atoms. The summed E-state index contributed by atoms with van der Waals surface area (Å²) in [6.45, 7) is 7.21. The van der Waals surface area contributed by atoms with Gasteiger partial charge in [0.05, 0.1) is 22.8 Å². The molecule has 6 aromatic heterocycles. The molecule has 0 aliphatic carbocycles. The molecule has 6 rings (SSSR count). The van der Waals surface area contributed by atoms with Crippen LogP contribution in [0, 0.1) is 0 Å². The molecular weight excluding hydrogens is 593 g/mol. The van der Waals surface area contributed by atoms with Gasteiger partial charge in [0, 0.05) is 69.1 Å². The molecule has 6 heterocycles. The minimum atomic E-state index is 0. The number of pyridine rings is 6. The Hall–Kier alpha value is -5.00. The third-order valence-corrected chi connectivity index (χ3v) is 5.07. The maximum absolute atomic E-state index is 4.19. The van der Waals surface area contributed by atoms with Crippen LogP contribution in [-0.4, -0.2) is 29.9 Å². The molecule has 0 amide bonds. The molecule has 6 nitrogen and oxygen atoms in total. The molecule has 0 spiro atoms. The van der Waals surface area contributed by atoms with Gasteiger partial charge in [-0.25, -0.2) is 0 Å². The van der Waals surface area contributed by atoms with E-state index in [0.29, 0.717) is 0 Å². The van der Waals surface area contributed by atoms with Crippen molar-refractivity contribution in [3.63, 3.8) is 0 Å². The number of aromatic nitrogens is 6. The van der Waals surface area contributed by atoms with E-state index in [1.54, 1.807) is 61.7 Å². The van der Waals surface area contributed by atoms with Gasteiger partial charge in [-0.05, 0) is 83.9 Å². The van der Waals surface area contributed by atoms with Crippen LogP contribution in [0.3, 0.4) is 0 Å². The van der Waals surface area contributed by atoms with Crippen molar-refractivity contribution in [1.29, 1.82) is 0 Å². The van der Waals surface area contributed by atoms with Crippen LogP contribution in [-0.2, 0) is 19.5 Å². The summed E-state index contributed by atoms with van der Waals surface area (Å²) in [5.41, 5.74) is 5.88. The standard InChI is InChI=1S/2C10H8N2.2C7H7N.Ru/c2*1-3-7-11-9(5-1)10-6-2-4-8-12-10;2*1-2-7-3-5-8-6-4-7;/h2*1-8H;2*2-6H,1H2;. The Kier molecular flexibility index (Phi) is 15.7. The van der Waals surface area contributed by atoms with Crippen LogP contribution in [0.25, 0.3) is 34.9 Å². The zero-order valence-corrected chi connectivity index (χ0v) is 24.2. The summed E-state index contributed by atoms with van der Waals surface area (Å²) in [7, 11) is 0. The molecule has 0 N–H and O–H groups in total. The molecule has 204 valence electrons. The normalized spacial score (nSPS) is 8.98. The molecule has 0 aliphatic rings. The fourth-order valence-corrected chi connectivity index (χ4v) is 3.06. The Morgan fingerprint density at radius 1 is 0.366 bits per heavy atom. The fourth-order valence-electron chi connectivity index (χ4n) is 3.06. The summed E-state index contributed by atoms with van der Waals surface area (Å²) in [6.07, 6.45) is 17.6. The van der Waals surface area contributed by atoms with Gasteiger partial charge in [0.1, 0.15) is 0 Å². The zero-order chi connectivity index (χ0) is 28.1. The molecule has 0 saturated carbocycles. The predicted octanol–water partition coefficient (Wildman–Crippen LogP) is 7.73. The minimum absolute atomic E-state index is 0. The summed E-state index contributed by atoms with van der Waals surface area (Å²) in [5.74, 6) is 0. The van der Waals surface area contributed by atoms with Crippen molar-refractivity contribution in [2.24, 2.45) is 0 Å². The largest absolute Gasteiger partial charge is 0.265 e. The van der Waals surface area contributed by atoms with Gasteiger partial charge in [0.15, 0.2) is 0 Å². The Morgan fingerprint density at radius 3 is 0.805 bits per heavy atom. The van der Waals surface area contributed by atoms with Crippen LogP contribution in [0.2, 0.25) is 0 Å². The maximum atomic E-state index is 4.19. The first-order chi connectivity index (χ1) is 19.8. The zero-order valence-electron chi connectivity index (χ0n) is 22.5. The number of hydrogen-bond donors (Lipinski definition) is 0. The van der Waals surface area contributed by atoms with Crippen LogP contribution >= 0.6 is 0 Å². The predicted molar refractivity (Wildman–Crippen MR) is 164 cm³/mol. The Labute approximate surface area is 254 Å². The molecule has 0 unspecified atom stereocenters. The summed E-state index contributed by atoms with van der Waals surface area (Å²) in [6, 6.07) is 30.8. The van der Waals surface area contributed by atoms with E-state index in [4.69, 9.17) is 0 Å². The fraction of sp³-hybridized carbons (Fsp3) is 0. The molecule has 0 aliphatic heterocycles. The minimum Gasteiger partial charge on any atom is -0.265 e. The first kappa shape index (κ1) is 32.2. The van der Waals surface area contributed by atoms with Gasteiger partial charge >= 0.3 is 0 Å². The van der Waals surface area contributed by atoms with Gasteiger partial charge in [-0.15, -0.1) is 0 Å². The van der Waals surface area contributed by atoms with Crippen molar-refractivity contribution in [1.82, 2.24) is 29.9 Å². The van der Waals surface area contributed by atoms with Crippen molar-refractivity contribution in [2.75, 3.05) is 0 Å². The van der Waals surface area contributed by atoms with E-state index in [0.717, 1.165) is 33.9 Å². The van der Waals surface area contributed by atoms with Crippen molar-refractivity contribution in [3.05, 3.63) is 171 Å². The summed E-state index contributed by atoms with van der Waals surface area (Å²) in [4.78, 5) is 24.4. The first-order valence-corrected chi connectivity index (χ1v) is 12.5. The average molecular weight is 624 g/mol. The van der Waals surface area contributed by atoms with Gasteiger partial charge in [-0.2, -0.15) is 0 Å². The van der Waals surface area contributed by atoms with Crippen molar-refractivity contribution in [2.45, 2.75) is 0 Å². The van der Waals surface area contributed by atoms with E-state index in [2.05, 4.69) is 43.1 Å². The van der Waals surface area contributed by atoms with Crippen LogP contribution in [0.4, 0.5) is 0 Å². The molecular formula is C34H30N6Ru. The van der Waals surface area contributed by atoms with E-state index >= 15 is 0 Å². The van der Waals surface area contributed by atoms with Crippen LogP contribution < -0.4 is 0 Å².